The zero-order valence-electron chi connectivity index (χ0n) is 63.5. The number of urea groups is 3. The van der Waals surface area contributed by atoms with E-state index in [2.05, 4.69) is 47.3 Å². The normalized spacial score (nSPS) is 15.8. The van der Waals surface area contributed by atoms with Crippen LogP contribution in [-0.2, 0) is 97.2 Å². The molecule has 10 N–H and O–H groups in total. The molecule has 111 heavy (non-hydrogen) atoms. The molecule has 5 atom stereocenters. The number of cyclic esters (lactones) is 1. The average Bonchev–Trinajstić information content (AvgIpc) is 1.64. The van der Waals surface area contributed by atoms with Gasteiger partial charge in [0.15, 0.2) is 0 Å². The monoisotopic (exact) mass is 1560 g/mol. The fraction of sp³-hybridized carbons (Fsp3) is 0.455. The molecule has 9 amide bonds. The van der Waals surface area contributed by atoms with Gasteiger partial charge in [0, 0.05) is 65.3 Å². The predicted octanol–water partition coefficient (Wildman–Crippen LogP) is 6.38. The Bertz CT molecular complexity index is 4590. The summed E-state index contributed by atoms with van der Waals surface area (Å²) in [7, 11) is 1.55. The molecule has 4 aromatic carbocycles. The van der Waals surface area contributed by atoms with Gasteiger partial charge in [0.05, 0.1) is 114 Å². The van der Waals surface area contributed by atoms with Gasteiger partial charge in [-0.15, -0.1) is 0 Å². The van der Waals surface area contributed by atoms with Crippen LogP contribution in [0.1, 0.15) is 113 Å². The largest absolute Gasteiger partial charge is 0.481 e. The van der Waals surface area contributed by atoms with Gasteiger partial charge in [-0.3, -0.25) is 33.5 Å². The maximum atomic E-state index is 14.6. The summed E-state index contributed by atoms with van der Waals surface area (Å²) in [5.41, 5.74) is 2.78. The van der Waals surface area contributed by atoms with Gasteiger partial charge in [0.1, 0.15) is 37.9 Å². The number of likely N-dealkylation sites (N-methyl/N-ethyl adjacent to an activating group) is 1. The second-order valence-electron chi connectivity index (χ2n) is 28.2. The Balaban J connectivity index is 0.688. The van der Waals surface area contributed by atoms with Crippen LogP contribution in [-0.4, -0.2) is 204 Å². The third-order valence-electron chi connectivity index (χ3n) is 18.7. The first-order chi connectivity index (χ1) is 53.0. The summed E-state index contributed by atoms with van der Waals surface area (Å²) in [4.78, 5) is 155. The molecule has 2 aromatic heterocycles. The second kappa shape index (κ2) is 38.5. The highest BCUT2D eigenvalue weighted by Crippen LogP contribution is 2.43. The maximum absolute atomic E-state index is 14.6. The Morgan fingerprint density at radius 2 is 1.37 bits per heavy atom. The van der Waals surface area contributed by atoms with Crippen molar-refractivity contribution in [3.8, 4) is 11.4 Å². The van der Waals surface area contributed by atoms with Crippen molar-refractivity contribution in [3.05, 3.63) is 141 Å². The lowest BCUT2D eigenvalue weighted by atomic mass is 9.85. The Morgan fingerprint density at radius 3 is 2.05 bits per heavy atom. The van der Waals surface area contributed by atoms with Crippen LogP contribution in [0.4, 0.5) is 37.1 Å². The number of benzene rings is 4. The highest BCUT2D eigenvalue weighted by atomic mass is 32.2. The number of nitrogens with zero attached hydrogens (tertiary/aromatic N) is 4. The third kappa shape index (κ3) is 22.4. The van der Waals surface area contributed by atoms with Gasteiger partial charge in [0.2, 0.25) is 23.3 Å². The molecule has 33 nitrogen and oxygen atoms in total. The molecular weight excluding hydrogens is 1460 g/mol. The molecule has 3 aliphatic rings. The minimum Gasteiger partial charge on any atom is -0.481 e. The number of ether oxygens (including phenoxy) is 6. The number of quaternary nitrogens is 1. The van der Waals surface area contributed by atoms with E-state index < -0.39 is 124 Å². The summed E-state index contributed by atoms with van der Waals surface area (Å²) in [5.74, 6) is -6.59. The van der Waals surface area contributed by atoms with Gasteiger partial charge in [-0.25, -0.2) is 37.4 Å². The van der Waals surface area contributed by atoms with Crippen molar-refractivity contribution < 1.29 is 94.4 Å². The van der Waals surface area contributed by atoms with Gasteiger partial charge < -0.3 is 90.0 Å². The van der Waals surface area contributed by atoms with Crippen LogP contribution >= 0.6 is 0 Å². The van der Waals surface area contributed by atoms with E-state index in [1.165, 1.54) is 77.7 Å². The van der Waals surface area contributed by atoms with Crippen molar-refractivity contribution in [2.75, 3.05) is 114 Å². The molecule has 1 saturated heterocycles. The van der Waals surface area contributed by atoms with Crippen molar-refractivity contribution in [1.29, 1.82) is 0 Å². The number of hydrogen-bond acceptors (Lipinski definition) is 20. The molecule has 0 radical (unpaired) electrons. The number of carbonyl (C=O) groups excluding carboxylic acids is 9. The number of fused-ring (bicyclic) bond motifs is 5. The van der Waals surface area contributed by atoms with Crippen LogP contribution in [0.25, 0.3) is 22.3 Å². The van der Waals surface area contributed by atoms with Crippen LogP contribution in [0.3, 0.4) is 0 Å². The molecule has 0 bridgehead atoms. The number of para-hydroxylation sites is 1. The van der Waals surface area contributed by atoms with Gasteiger partial charge in [-0.05, 0) is 116 Å². The number of esters is 3. The van der Waals surface area contributed by atoms with Crippen molar-refractivity contribution in [2.45, 2.75) is 134 Å². The summed E-state index contributed by atoms with van der Waals surface area (Å²) < 4.78 is 65.4. The van der Waals surface area contributed by atoms with Gasteiger partial charge in [-0.1, -0.05) is 71.0 Å². The Hall–Kier alpha value is -11.1. The number of anilines is 4. The number of sulfonamides is 1. The zero-order valence-corrected chi connectivity index (χ0v) is 64.3. The molecule has 34 heteroatoms. The van der Waals surface area contributed by atoms with Crippen LogP contribution in [0.15, 0.2) is 113 Å². The molecule has 0 aliphatic carbocycles. The van der Waals surface area contributed by atoms with E-state index in [4.69, 9.17) is 33.4 Å². The fourth-order valence-corrected chi connectivity index (χ4v) is 14.1. The zero-order chi connectivity index (χ0) is 80.2. The Labute approximate surface area is 642 Å². The highest BCUT2D eigenvalue weighted by Gasteiger charge is 2.52. The molecule has 1 fully saturated rings. The van der Waals surface area contributed by atoms with Crippen molar-refractivity contribution >= 4 is 103 Å². The van der Waals surface area contributed by atoms with E-state index in [0.717, 1.165) is 22.0 Å². The number of amides is 9. The quantitative estimate of drug-likeness (QED) is 0.00868. The summed E-state index contributed by atoms with van der Waals surface area (Å²) >= 11 is 0. The Morgan fingerprint density at radius 1 is 0.712 bits per heavy atom. The molecule has 6 aromatic rings. The highest BCUT2D eigenvalue weighted by molar-refractivity contribution is 7.92. The minimum atomic E-state index is -4.19. The molecule has 5 heterocycles. The molecule has 596 valence electrons. The number of hydrogen-bond donors (Lipinski definition) is 10. The molecule has 0 spiro atoms. The van der Waals surface area contributed by atoms with Gasteiger partial charge in [0.25, 0.3) is 15.6 Å². The average molecular weight is 1560 g/mol. The number of carboxylic acid groups (broad SMARTS) is 1. The molecular formula is C77H98N13O20S+. The van der Waals surface area contributed by atoms with E-state index in [1.54, 1.807) is 31.4 Å². The first kappa shape index (κ1) is 84.0. The van der Waals surface area contributed by atoms with E-state index >= 15 is 0 Å². The number of aryl methyl sites for hydroxylation is 1. The summed E-state index contributed by atoms with van der Waals surface area (Å²) in [6.45, 7) is 10.5. The van der Waals surface area contributed by atoms with E-state index in [1.807, 2.05) is 59.3 Å². The standard InChI is InChI=1S/C77H97N13O20S/c1-9-29-78-74(100)82-51-18-15-20-53(41-51)111(103,104)87-52-19-14-17-48(40-52)60(43-65(92)93)85-76(102)81-50-26-24-49(25-27-50)80-75(101)79-30-34-106-37-39-107-38-36-105-33-28-64(91)83-61(44-66(94)108-35-32-90(6,7)8)71(97)88-31-16-23-62(88)69(95)86-67(47(4)5)72(98)110-77(11-3)58-42-63-68-56(45-89(63)70(96)57(58)46-109-73(77)99)54(10-2)55-21-12-13-22-59(55)84-68/h12-15,17-22,24-27,40-42,47,60-62,67,87H,9-11,16,23,28-39,43-46H2,1-8H3,(H8-,78,79,80,81,82,83,84,85,86,91,92,93,95,96,100,101,102)/p+1/t60-,61+,62+,67+,77+/m1/s1. The minimum absolute atomic E-state index is 0.0277. The van der Waals surface area contributed by atoms with Crippen LogP contribution in [0.5, 0.6) is 0 Å². The van der Waals surface area contributed by atoms with Crippen LogP contribution < -0.4 is 52.8 Å². The number of nitrogens with one attached hydrogen (secondary N) is 9. The number of carbonyl (C=O) groups is 10. The Kier molecular flexibility index (Phi) is 29.1. The number of carboxylic acids is 1. The lowest BCUT2D eigenvalue weighted by Crippen LogP contribution is -2.57. The van der Waals surface area contributed by atoms with E-state index in [9.17, 15) is 66.3 Å². The lowest BCUT2D eigenvalue weighted by molar-refractivity contribution is -0.870. The SMILES string of the molecule is CCCNC(=O)Nc1cccc(S(=O)(=O)Nc2cccc([C@@H](CC(=O)O)NC(=O)Nc3ccc(NC(=O)NCCOCCOCCOCCC(=O)N[C@@H](CC(=O)OCC[N+](C)(C)C)C(=O)N4CCC[C@H]4C(=O)N[C@H](C(=O)O[C@]4(CC)C(=O)OCc5c4cc4n(c5=O)Cc5c-4nc4ccccc4c5CC)C(C)C)cc3)c2)c1. The lowest BCUT2D eigenvalue weighted by Gasteiger charge is -2.37. The third-order valence-corrected chi connectivity index (χ3v) is 20.1. The van der Waals surface area contributed by atoms with Gasteiger partial charge in [-0.2, -0.15) is 0 Å². The van der Waals surface area contributed by atoms with Gasteiger partial charge >= 0.3 is 42.0 Å². The van der Waals surface area contributed by atoms with E-state index in [-0.39, 0.29) is 125 Å². The molecule has 0 saturated carbocycles. The smallest absolute Gasteiger partial charge is 0.355 e. The summed E-state index contributed by atoms with van der Waals surface area (Å²) in [5, 5.41) is 31.9. The van der Waals surface area contributed by atoms with Crippen LogP contribution in [0.2, 0.25) is 0 Å². The van der Waals surface area contributed by atoms with Crippen molar-refractivity contribution in [1.82, 2.24) is 41.0 Å². The number of rotatable bonds is 38. The fourth-order valence-electron chi connectivity index (χ4n) is 13.0. The summed E-state index contributed by atoms with van der Waals surface area (Å²) in [6.07, 6.45) is 0.451. The predicted molar refractivity (Wildman–Crippen MR) is 408 cm³/mol. The van der Waals surface area contributed by atoms with E-state index in [0.29, 0.717) is 59.6 Å². The number of likely N-dealkylation sites (tertiary alicyclic amines) is 1. The summed E-state index contributed by atoms with van der Waals surface area (Å²) in [6, 6.07) is 20.0. The molecule has 0 unspecified atom stereocenters. The topological polar surface area (TPSA) is 427 Å². The first-order valence-electron chi connectivity index (χ1n) is 36.9. The van der Waals surface area contributed by atoms with Crippen LogP contribution in [0, 0.1) is 5.92 Å². The second-order valence-corrected chi connectivity index (χ2v) is 29.9. The first-order valence-corrected chi connectivity index (χ1v) is 38.4. The number of aliphatic carboxylic acids is 1. The number of aromatic nitrogens is 2. The maximum Gasteiger partial charge on any atom is 0.355 e. The molecule has 3 aliphatic heterocycles. The molecule has 9 rings (SSSR count). The number of pyridine rings is 2. The van der Waals surface area contributed by atoms with Crippen molar-refractivity contribution in [3.63, 3.8) is 0 Å². The van der Waals surface area contributed by atoms with Crippen molar-refractivity contribution in [2.24, 2.45) is 5.92 Å².